The van der Waals surface area contributed by atoms with Crippen LogP contribution < -0.4 is 0 Å². The molecule has 0 atom stereocenters. The maximum atomic E-state index is 9.75. The lowest BCUT2D eigenvalue weighted by Crippen LogP contribution is -2.13. The molecule has 0 aliphatic carbocycles. The normalized spacial score (nSPS) is 12.0. The van der Waals surface area contributed by atoms with Crippen molar-refractivity contribution in [2.24, 2.45) is 0 Å². The minimum atomic E-state index is -6.00. The van der Waals surface area contributed by atoms with Crippen molar-refractivity contribution in [2.45, 2.75) is 182 Å². The van der Waals surface area contributed by atoms with E-state index in [1.54, 1.807) is 31.1 Å². The fraction of sp³-hybridized carbons (Fsp3) is 1.00. The molecule has 0 aromatic heterocycles. The average Bonchev–Trinajstić information content (AvgIpc) is 2.87. The molecule has 0 rings (SSSR count). The van der Waals surface area contributed by atoms with Gasteiger partial charge in [-0.05, 0) is 32.1 Å². The first-order valence-electron chi connectivity index (χ1n) is 17.0. The van der Waals surface area contributed by atoms with Gasteiger partial charge in [0.05, 0.1) is 24.6 Å². The van der Waals surface area contributed by atoms with Gasteiger partial charge in [-0.2, -0.15) is 0 Å². The van der Waals surface area contributed by atoms with E-state index >= 15 is 0 Å². The van der Waals surface area contributed by atoms with E-state index in [4.69, 9.17) is 0 Å². The van der Waals surface area contributed by atoms with Gasteiger partial charge in [0.1, 0.15) is 0 Å². The highest BCUT2D eigenvalue weighted by atomic mass is 31.2. The van der Waals surface area contributed by atoms with Crippen molar-refractivity contribution >= 4 is 14.5 Å². The Kier molecular flexibility index (Phi) is 32.0. The monoisotopic (exact) mass is 571 g/mol. The van der Waals surface area contributed by atoms with E-state index in [0.717, 1.165) is 0 Å². The molecule has 0 amide bonds. The number of hydrogen-bond acceptors (Lipinski definition) is 0. The SMILES string of the molecule is CCCCCCCCCCCCCCCCCCCC[P+](CCCC)(CCCC)CCCC.F[B-](F)(F)F. The van der Waals surface area contributed by atoms with Crippen molar-refractivity contribution in [3.8, 4) is 0 Å². The quantitative estimate of drug-likeness (QED) is 0.0380. The van der Waals surface area contributed by atoms with Gasteiger partial charge in [-0.3, -0.25) is 0 Å². The standard InChI is InChI=1S/C32H68P.BF4/c1-5-9-13-14-15-16-17-18-19-20-21-22-23-24-25-26-27-28-32-33(29-10-6-2,30-11-7-3)31-12-8-4;2-1(3,4)5/h5-32H2,1-4H3;/q+1;-1. The summed E-state index contributed by atoms with van der Waals surface area (Å²) in [5.41, 5.74) is 0. The van der Waals surface area contributed by atoms with E-state index < -0.39 is 14.5 Å². The van der Waals surface area contributed by atoms with Gasteiger partial charge in [-0.1, -0.05) is 150 Å². The first kappa shape index (κ1) is 40.4. The molecule has 0 spiro atoms. The Morgan fingerprint density at radius 1 is 0.316 bits per heavy atom. The second-order valence-electron chi connectivity index (χ2n) is 11.8. The summed E-state index contributed by atoms with van der Waals surface area (Å²) >= 11 is 0. The predicted molar refractivity (Wildman–Crippen MR) is 170 cm³/mol. The van der Waals surface area contributed by atoms with Crippen LogP contribution in [0.4, 0.5) is 17.3 Å². The van der Waals surface area contributed by atoms with Crippen LogP contribution in [0.25, 0.3) is 0 Å². The fourth-order valence-corrected chi connectivity index (χ4v) is 10.7. The molecule has 232 valence electrons. The molecule has 38 heavy (non-hydrogen) atoms. The lowest BCUT2D eigenvalue weighted by atomic mass is 10.0. The average molecular weight is 571 g/mol. The van der Waals surface area contributed by atoms with Crippen molar-refractivity contribution < 1.29 is 17.3 Å². The maximum absolute atomic E-state index is 9.75. The van der Waals surface area contributed by atoms with Gasteiger partial charge in [-0.25, -0.2) is 0 Å². The Labute approximate surface area is 238 Å². The summed E-state index contributed by atoms with van der Waals surface area (Å²) in [4.78, 5) is 0. The highest BCUT2D eigenvalue weighted by molar-refractivity contribution is 7.75. The third kappa shape index (κ3) is 34.2. The van der Waals surface area contributed by atoms with Gasteiger partial charge in [0, 0.05) is 7.26 Å². The Balaban J connectivity index is 0. The van der Waals surface area contributed by atoms with Crippen LogP contribution >= 0.6 is 7.26 Å². The van der Waals surface area contributed by atoms with E-state index in [1.165, 1.54) is 148 Å². The number of rotatable bonds is 28. The van der Waals surface area contributed by atoms with Crippen LogP contribution in [0.15, 0.2) is 0 Å². The van der Waals surface area contributed by atoms with E-state index in [-0.39, 0.29) is 0 Å². The molecule has 0 aliphatic rings. The Morgan fingerprint density at radius 2 is 0.500 bits per heavy atom. The molecule has 0 nitrogen and oxygen atoms in total. The number of unbranched alkanes of at least 4 members (excludes halogenated alkanes) is 20. The number of halogens is 4. The third-order valence-corrected chi connectivity index (χ3v) is 13.0. The number of hydrogen-bond donors (Lipinski definition) is 0. The predicted octanol–water partition coefficient (Wildman–Crippen LogP) is 13.7. The molecule has 0 unspecified atom stereocenters. The highest BCUT2D eigenvalue weighted by Gasteiger charge is 2.34. The van der Waals surface area contributed by atoms with Gasteiger partial charge in [-0.15, -0.1) is 0 Å². The molecule has 0 heterocycles. The summed E-state index contributed by atoms with van der Waals surface area (Å²) in [5.74, 6) is 0. The summed E-state index contributed by atoms with van der Waals surface area (Å²) in [6, 6.07) is 0. The lowest BCUT2D eigenvalue weighted by molar-refractivity contribution is 0.368. The Morgan fingerprint density at radius 3 is 0.737 bits per heavy atom. The van der Waals surface area contributed by atoms with E-state index in [9.17, 15) is 17.3 Å². The van der Waals surface area contributed by atoms with Crippen molar-refractivity contribution in [1.82, 2.24) is 0 Å². The third-order valence-electron chi connectivity index (χ3n) is 7.94. The lowest BCUT2D eigenvalue weighted by Gasteiger charge is -2.28. The second kappa shape index (κ2) is 30.2. The summed E-state index contributed by atoms with van der Waals surface area (Å²) in [5, 5.41) is 0. The zero-order chi connectivity index (χ0) is 28.8. The molecule has 0 saturated heterocycles. The van der Waals surface area contributed by atoms with Gasteiger partial charge in [0.25, 0.3) is 0 Å². The van der Waals surface area contributed by atoms with Gasteiger partial charge < -0.3 is 17.3 Å². The molecular weight excluding hydrogens is 502 g/mol. The zero-order valence-corrected chi connectivity index (χ0v) is 27.2. The van der Waals surface area contributed by atoms with Crippen molar-refractivity contribution in [2.75, 3.05) is 24.6 Å². The van der Waals surface area contributed by atoms with Crippen LogP contribution in [-0.4, -0.2) is 31.9 Å². The largest absolute Gasteiger partial charge is 0.673 e. The smallest absolute Gasteiger partial charge is 0.418 e. The van der Waals surface area contributed by atoms with Crippen LogP contribution in [0.2, 0.25) is 0 Å². The van der Waals surface area contributed by atoms with Crippen LogP contribution in [0.1, 0.15) is 182 Å². The summed E-state index contributed by atoms with van der Waals surface area (Å²) < 4.78 is 39.0. The molecule has 0 N–H and O–H groups in total. The molecule has 6 heteroatoms. The van der Waals surface area contributed by atoms with Gasteiger partial charge >= 0.3 is 7.25 Å². The minimum Gasteiger partial charge on any atom is -0.418 e. The van der Waals surface area contributed by atoms with Gasteiger partial charge in [0.15, 0.2) is 0 Å². The molecular formula is C32H68BF4P. The molecule has 0 fully saturated rings. The second-order valence-corrected chi connectivity index (χ2v) is 16.3. The van der Waals surface area contributed by atoms with Crippen LogP contribution in [0.5, 0.6) is 0 Å². The zero-order valence-electron chi connectivity index (χ0n) is 26.3. The van der Waals surface area contributed by atoms with E-state index in [0.29, 0.717) is 0 Å². The van der Waals surface area contributed by atoms with Crippen molar-refractivity contribution in [3.05, 3.63) is 0 Å². The molecule has 0 saturated carbocycles. The van der Waals surface area contributed by atoms with E-state index in [2.05, 4.69) is 27.7 Å². The van der Waals surface area contributed by atoms with Gasteiger partial charge in [0.2, 0.25) is 0 Å². The first-order chi connectivity index (χ1) is 18.2. The first-order valence-corrected chi connectivity index (χ1v) is 19.5. The fourth-order valence-electron chi connectivity index (χ4n) is 5.50. The topological polar surface area (TPSA) is 0 Å². The summed E-state index contributed by atoms with van der Waals surface area (Å²) in [6.07, 6.45) is 42.0. The van der Waals surface area contributed by atoms with Crippen LogP contribution in [0, 0.1) is 0 Å². The molecule has 0 aromatic carbocycles. The molecule has 0 radical (unpaired) electrons. The van der Waals surface area contributed by atoms with E-state index in [1.807, 2.05) is 0 Å². The van der Waals surface area contributed by atoms with Crippen LogP contribution in [0.3, 0.4) is 0 Å². The maximum Gasteiger partial charge on any atom is 0.673 e. The summed E-state index contributed by atoms with van der Waals surface area (Å²) in [6.45, 7) is 9.49. The Bertz CT molecular complexity index is 418. The highest BCUT2D eigenvalue weighted by Crippen LogP contribution is 2.61. The molecule has 0 aromatic rings. The molecule has 0 aliphatic heterocycles. The van der Waals surface area contributed by atoms with Crippen molar-refractivity contribution in [3.63, 3.8) is 0 Å². The van der Waals surface area contributed by atoms with Crippen LogP contribution in [-0.2, 0) is 0 Å². The Hall–Kier alpha value is 0.215. The molecule has 0 bridgehead atoms. The minimum absolute atomic E-state index is 0.637. The summed E-state index contributed by atoms with van der Waals surface area (Å²) in [7, 11) is -6.64. The van der Waals surface area contributed by atoms with Crippen molar-refractivity contribution in [1.29, 1.82) is 0 Å².